The molecule has 0 N–H and O–H groups in total. The van der Waals surface area contributed by atoms with Crippen molar-refractivity contribution in [3.8, 4) is 33.4 Å². The number of hydrogen-bond donors (Lipinski definition) is 0. The molecule has 0 aromatic heterocycles. The molecule has 2 aliphatic rings. The summed E-state index contributed by atoms with van der Waals surface area (Å²) in [6.07, 6.45) is 0. The molecule has 0 aliphatic heterocycles. The normalized spacial score (nSPS) is 13.9. The number of fused-ring (bicyclic) bond motifs is 10. The molecule has 0 saturated heterocycles. The highest BCUT2D eigenvalue weighted by Gasteiger charge is 2.38. The zero-order valence-electron chi connectivity index (χ0n) is 36.7. The molecule has 0 unspecified atom stereocenters. The van der Waals surface area contributed by atoms with Gasteiger partial charge in [-0.3, -0.25) is 0 Å². The van der Waals surface area contributed by atoms with E-state index in [1.807, 2.05) is 0 Å². The van der Waals surface area contributed by atoms with Gasteiger partial charge in [0.25, 0.3) is 0 Å². The zero-order valence-corrected chi connectivity index (χ0v) is 36.7. The van der Waals surface area contributed by atoms with Gasteiger partial charge in [-0.2, -0.15) is 0 Å². The minimum Gasteiger partial charge on any atom is -0.310 e. The van der Waals surface area contributed by atoms with Gasteiger partial charge in [0, 0.05) is 45.0 Å². The third-order valence-corrected chi connectivity index (χ3v) is 14.2. The van der Waals surface area contributed by atoms with E-state index in [0.29, 0.717) is 0 Å². The number of nitrogens with zero attached hydrogens (tertiary/aromatic N) is 2. The lowest BCUT2D eigenvalue weighted by molar-refractivity contribution is 0.666. The smallest absolute Gasteiger partial charge is 0.0468 e. The average Bonchev–Trinajstić information content (AvgIpc) is 3.72. The van der Waals surface area contributed by atoms with Crippen molar-refractivity contribution < 1.29 is 0 Å². The number of hydrogen-bond acceptors (Lipinski definition) is 2. The van der Waals surface area contributed by atoms with Crippen LogP contribution in [0.25, 0.3) is 54.9 Å². The molecule has 0 bridgehead atoms. The van der Waals surface area contributed by atoms with Crippen molar-refractivity contribution in [2.45, 2.75) is 38.5 Å². The molecule has 10 aromatic carbocycles. The van der Waals surface area contributed by atoms with E-state index in [1.54, 1.807) is 0 Å². The van der Waals surface area contributed by atoms with Crippen LogP contribution in [0.4, 0.5) is 34.1 Å². The van der Waals surface area contributed by atoms with E-state index in [4.69, 9.17) is 0 Å². The van der Waals surface area contributed by atoms with Crippen molar-refractivity contribution in [1.29, 1.82) is 0 Å². The van der Waals surface area contributed by atoms with Crippen LogP contribution in [0.15, 0.2) is 218 Å². The number of rotatable bonds is 7. The Morgan fingerprint density at radius 3 is 1.03 bits per heavy atom. The molecule has 306 valence electrons. The molecule has 0 fully saturated rings. The Morgan fingerprint density at radius 2 is 0.625 bits per heavy atom. The van der Waals surface area contributed by atoms with E-state index >= 15 is 0 Å². The lowest BCUT2D eigenvalue weighted by Crippen LogP contribution is -2.15. The molecule has 0 heterocycles. The molecule has 0 saturated carbocycles. The van der Waals surface area contributed by atoms with Crippen LogP contribution in [0.5, 0.6) is 0 Å². The van der Waals surface area contributed by atoms with Gasteiger partial charge < -0.3 is 9.80 Å². The Hall–Kier alpha value is -7.68. The number of anilines is 6. The summed E-state index contributed by atoms with van der Waals surface area (Å²) in [4.78, 5) is 4.74. The summed E-state index contributed by atoms with van der Waals surface area (Å²) < 4.78 is 0. The molecular weight excluding hydrogens is 773 g/mol. The van der Waals surface area contributed by atoms with E-state index in [1.165, 1.54) is 77.2 Å². The second kappa shape index (κ2) is 14.4. The maximum Gasteiger partial charge on any atom is 0.0468 e. The predicted molar refractivity (Wildman–Crippen MR) is 271 cm³/mol. The SMILES string of the molecule is CC1(C)c2ccccc2-c2ccc3cc(N(c4ccccc4)c4ccc(-c5ccc(N(c6ccccc6)c6ccc7c8c(ccc7c6)-c6ccccc6C8(C)C)cc5)cc4)ccc3c21. The van der Waals surface area contributed by atoms with Crippen LogP contribution < -0.4 is 9.80 Å². The van der Waals surface area contributed by atoms with Crippen LogP contribution in [0, 0.1) is 0 Å². The molecule has 12 rings (SSSR count). The maximum atomic E-state index is 2.37. The highest BCUT2D eigenvalue weighted by Crippen LogP contribution is 2.53. The first-order valence-electron chi connectivity index (χ1n) is 22.5. The zero-order chi connectivity index (χ0) is 43.2. The Balaban J connectivity index is 0.873. The topological polar surface area (TPSA) is 6.48 Å². The van der Waals surface area contributed by atoms with Crippen LogP contribution in [0.1, 0.15) is 49.9 Å². The Labute approximate surface area is 376 Å². The highest BCUT2D eigenvalue weighted by atomic mass is 15.1. The largest absolute Gasteiger partial charge is 0.310 e. The van der Waals surface area contributed by atoms with Gasteiger partial charge in [0.2, 0.25) is 0 Å². The Bertz CT molecular complexity index is 3190. The first-order valence-corrected chi connectivity index (χ1v) is 22.5. The summed E-state index contributed by atoms with van der Waals surface area (Å²) in [6.45, 7) is 9.46. The Kier molecular flexibility index (Phi) is 8.58. The monoisotopic (exact) mass is 820 g/mol. The summed E-state index contributed by atoms with van der Waals surface area (Å²) >= 11 is 0. The van der Waals surface area contributed by atoms with Crippen LogP contribution in [-0.2, 0) is 10.8 Å². The van der Waals surface area contributed by atoms with Crippen molar-refractivity contribution in [3.63, 3.8) is 0 Å². The van der Waals surface area contributed by atoms with Crippen molar-refractivity contribution in [1.82, 2.24) is 0 Å². The maximum absolute atomic E-state index is 2.37. The van der Waals surface area contributed by atoms with Gasteiger partial charge in [-0.1, -0.05) is 173 Å². The third-order valence-electron chi connectivity index (χ3n) is 14.2. The van der Waals surface area contributed by atoms with E-state index in [2.05, 4.69) is 256 Å². The fraction of sp³-hybridized carbons (Fsp3) is 0.0968. The second-order valence-corrected chi connectivity index (χ2v) is 18.6. The van der Waals surface area contributed by atoms with Crippen molar-refractivity contribution in [2.75, 3.05) is 9.80 Å². The molecule has 0 amide bonds. The second-order valence-electron chi connectivity index (χ2n) is 18.6. The summed E-state index contributed by atoms with van der Waals surface area (Å²) in [6, 6.07) is 80.5. The van der Waals surface area contributed by atoms with Crippen molar-refractivity contribution in [2.24, 2.45) is 0 Å². The van der Waals surface area contributed by atoms with Crippen molar-refractivity contribution in [3.05, 3.63) is 241 Å². The average molecular weight is 821 g/mol. The number of para-hydroxylation sites is 2. The van der Waals surface area contributed by atoms with Gasteiger partial charge in [0.1, 0.15) is 0 Å². The number of benzene rings is 10. The molecule has 0 radical (unpaired) electrons. The minimum absolute atomic E-state index is 0.0671. The first-order chi connectivity index (χ1) is 31.3. The van der Waals surface area contributed by atoms with Gasteiger partial charge in [0.05, 0.1) is 0 Å². The fourth-order valence-electron chi connectivity index (χ4n) is 11.2. The highest BCUT2D eigenvalue weighted by molar-refractivity contribution is 6.01. The Morgan fingerprint density at radius 1 is 0.281 bits per heavy atom. The fourth-order valence-corrected chi connectivity index (χ4v) is 11.2. The van der Waals surface area contributed by atoms with Gasteiger partial charge >= 0.3 is 0 Å². The lowest BCUT2D eigenvalue weighted by atomic mass is 9.80. The van der Waals surface area contributed by atoms with Gasteiger partial charge in [-0.05, 0) is 150 Å². The molecule has 2 aliphatic carbocycles. The summed E-state index contributed by atoms with van der Waals surface area (Å²) in [5, 5.41) is 5.14. The van der Waals surface area contributed by atoms with E-state index in [0.717, 1.165) is 34.1 Å². The van der Waals surface area contributed by atoms with Gasteiger partial charge in [-0.25, -0.2) is 0 Å². The standard InChI is InChI=1S/C62H48N2/c1-61(2)57-21-13-11-19-53(57)55-35-27-43-39-49(33-37-51(43)59(55)61)63(45-15-7-5-8-16-45)47-29-23-41(24-30-47)42-25-31-48(32-26-42)64(46-17-9-6-10-18-46)50-34-38-52-44(40-50)28-36-56-54-20-12-14-22-58(54)62(3,4)60(52)56/h5-40H,1-4H3. The summed E-state index contributed by atoms with van der Waals surface area (Å²) in [5.41, 5.74) is 20.0. The van der Waals surface area contributed by atoms with E-state index < -0.39 is 0 Å². The molecule has 10 aromatic rings. The van der Waals surface area contributed by atoms with Gasteiger partial charge in [-0.15, -0.1) is 0 Å². The summed E-state index contributed by atoms with van der Waals surface area (Å²) in [5.74, 6) is 0. The third kappa shape index (κ3) is 5.86. The molecule has 2 nitrogen and oxygen atoms in total. The molecule has 64 heavy (non-hydrogen) atoms. The quantitative estimate of drug-likeness (QED) is 0.158. The van der Waals surface area contributed by atoms with Crippen molar-refractivity contribution >= 4 is 55.7 Å². The minimum atomic E-state index is -0.0671. The van der Waals surface area contributed by atoms with Crippen LogP contribution in [0.2, 0.25) is 0 Å². The van der Waals surface area contributed by atoms with Crippen LogP contribution >= 0.6 is 0 Å². The molecule has 0 spiro atoms. The molecule has 2 heteroatoms. The van der Waals surface area contributed by atoms with Crippen LogP contribution in [0.3, 0.4) is 0 Å². The summed E-state index contributed by atoms with van der Waals surface area (Å²) in [7, 11) is 0. The molecule has 0 atom stereocenters. The molecular formula is C62H48N2. The predicted octanol–water partition coefficient (Wildman–Crippen LogP) is 17.2. The first kappa shape index (κ1) is 38.0. The van der Waals surface area contributed by atoms with E-state index in [9.17, 15) is 0 Å². The van der Waals surface area contributed by atoms with Gasteiger partial charge in [0.15, 0.2) is 0 Å². The van der Waals surface area contributed by atoms with Crippen LogP contribution in [-0.4, -0.2) is 0 Å². The van der Waals surface area contributed by atoms with E-state index in [-0.39, 0.29) is 10.8 Å². The lowest BCUT2D eigenvalue weighted by Gasteiger charge is -2.27.